The fourth-order valence-electron chi connectivity index (χ4n) is 4.39. The number of pyridine rings is 1. The van der Waals surface area contributed by atoms with Crippen LogP contribution in [0.5, 0.6) is 0 Å². The molecule has 1 aliphatic heterocycles. The molecule has 4 rings (SSSR count). The lowest BCUT2D eigenvalue weighted by Crippen LogP contribution is -2.33. The monoisotopic (exact) mass is 379 g/mol. The average molecular weight is 380 g/mol. The van der Waals surface area contributed by atoms with E-state index in [4.69, 9.17) is 5.73 Å². The molecule has 2 aliphatic rings. The fraction of sp³-hybridized carbons (Fsp3) is 0.455. The van der Waals surface area contributed by atoms with Crippen molar-refractivity contribution in [2.24, 2.45) is 16.6 Å². The van der Waals surface area contributed by atoms with Crippen molar-refractivity contribution >= 4 is 17.2 Å². The lowest BCUT2D eigenvalue weighted by molar-refractivity contribution is 0.349. The molecule has 0 radical (unpaired) electrons. The highest BCUT2D eigenvalue weighted by Crippen LogP contribution is 2.29. The lowest BCUT2D eigenvalue weighted by atomic mass is 9.85. The minimum Gasteiger partial charge on any atom is -0.383 e. The molecule has 0 spiro atoms. The summed E-state index contributed by atoms with van der Waals surface area (Å²) in [4.78, 5) is 19.9. The molecule has 0 saturated heterocycles. The lowest BCUT2D eigenvalue weighted by Gasteiger charge is -2.30. The average Bonchev–Trinajstić information content (AvgIpc) is 3.04. The zero-order valence-corrected chi connectivity index (χ0v) is 16.6. The number of nitrogens with zero attached hydrogens (tertiary/aromatic N) is 1. The van der Waals surface area contributed by atoms with Crippen molar-refractivity contribution in [2.45, 2.75) is 58.2 Å². The third kappa shape index (κ3) is 3.69. The number of aliphatic imine (C=N–C) groups is 1. The number of H-pyrrole nitrogens is 1. The Labute approximate surface area is 165 Å². The summed E-state index contributed by atoms with van der Waals surface area (Å²) in [5, 5.41) is 6.98. The van der Waals surface area contributed by atoms with Crippen LogP contribution in [0.4, 0.5) is 11.4 Å². The van der Waals surface area contributed by atoms with Gasteiger partial charge >= 0.3 is 0 Å². The molecule has 5 N–H and O–H groups in total. The standard InChI is InChI=1S/C22H29N5O/c1-13-5-3-4-6-18(13)27-19-9-10-24-22(28)20(19)21(23)26-16-7-8-17-14(2)25-12-15(17)11-16/h7-11,13-14,18,25H,3-6,12H2,1-2H3,(H2,23,26)(H2,24,27,28)/t13-,14?,18-/m0/s1. The predicted molar refractivity (Wildman–Crippen MR) is 114 cm³/mol. The second-order valence-corrected chi connectivity index (χ2v) is 8.09. The maximum atomic E-state index is 12.6. The van der Waals surface area contributed by atoms with Gasteiger partial charge in [-0.15, -0.1) is 0 Å². The van der Waals surface area contributed by atoms with Gasteiger partial charge in [-0.05, 0) is 55.0 Å². The van der Waals surface area contributed by atoms with Crippen LogP contribution in [-0.2, 0) is 6.54 Å². The third-order valence-corrected chi connectivity index (χ3v) is 6.11. The first-order valence-electron chi connectivity index (χ1n) is 10.2. The number of aromatic amines is 1. The summed E-state index contributed by atoms with van der Waals surface area (Å²) < 4.78 is 0. The maximum Gasteiger partial charge on any atom is 0.261 e. The first-order valence-corrected chi connectivity index (χ1v) is 10.2. The van der Waals surface area contributed by atoms with Crippen molar-refractivity contribution in [1.29, 1.82) is 0 Å². The smallest absolute Gasteiger partial charge is 0.261 e. The molecular weight excluding hydrogens is 350 g/mol. The van der Waals surface area contributed by atoms with Gasteiger partial charge in [0.2, 0.25) is 0 Å². The van der Waals surface area contributed by atoms with E-state index in [0.717, 1.165) is 24.3 Å². The summed E-state index contributed by atoms with van der Waals surface area (Å²) >= 11 is 0. The number of hydrogen-bond donors (Lipinski definition) is 4. The molecule has 148 valence electrons. The van der Waals surface area contributed by atoms with Gasteiger partial charge in [-0.25, -0.2) is 4.99 Å². The quantitative estimate of drug-likeness (QED) is 0.482. The number of fused-ring (bicyclic) bond motifs is 1. The van der Waals surface area contributed by atoms with Crippen molar-refractivity contribution in [3.63, 3.8) is 0 Å². The molecule has 1 aromatic carbocycles. The molecule has 1 aromatic heterocycles. The molecule has 6 heteroatoms. The number of anilines is 1. The van der Waals surface area contributed by atoms with E-state index in [-0.39, 0.29) is 11.4 Å². The van der Waals surface area contributed by atoms with Gasteiger partial charge < -0.3 is 21.4 Å². The fourth-order valence-corrected chi connectivity index (χ4v) is 4.39. The molecule has 0 amide bonds. The third-order valence-electron chi connectivity index (χ3n) is 6.11. The van der Waals surface area contributed by atoms with Crippen molar-refractivity contribution in [3.8, 4) is 0 Å². The topological polar surface area (TPSA) is 95.3 Å². The first-order chi connectivity index (χ1) is 13.5. The summed E-state index contributed by atoms with van der Waals surface area (Å²) in [5.41, 5.74) is 10.6. The molecular formula is C22H29N5O. The van der Waals surface area contributed by atoms with E-state index in [1.807, 2.05) is 18.2 Å². The van der Waals surface area contributed by atoms with E-state index in [1.54, 1.807) is 6.20 Å². The van der Waals surface area contributed by atoms with Crippen LogP contribution in [0.3, 0.4) is 0 Å². The van der Waals surface area contributed by atoms with Crippen LogP contribution < -0.4 is 21.9 Å². The number of hydrogen-bond acceptors (Lipinski definition) is 4. The Hall–Kier alpha value is -2.60. The number of nitrogens with one attached hydrogen (secondary N) is 3. The SMILES string of the molecule is CC1NCc2cc(N=C(N)c3c(N[C@H]4CCCC[C@@H]4C)cc[nH]c3=O)ccc21. The summed E-state index contributed by atoms with van der Waals surface area (Å²) in [7, 11) is 0. The Balaban J connectivity index is 1.65. The number of aromatic nitrogens is 1. The Bertz CT molecular complexity index is 948. The number of benzene rings is 1. The zero-order valence-electron chi connectivity index (χ0n) is 16.6. The van der Waals surface area contributed by atoms with Gasteiger partial charge in [0, 0.05) is 24.8 Å². The highest BCUT2D eigenvalue weighted by Gasteiger charge is 2.23. The highest BCUT2D eigenvalue weighted by atomic mass is 16.1. The van der Waals surface area contributed by atoms with Crippen LogP contribution in [0.2, 0.25) is 0 Å². The van der Waals surface area contributed by atoms with E-state index >= 15 is 0 Å². The van der Waals surface area contributed by atoms with E-state index < -0.39 is 0 Å². The Morgan fingerprint density at radius 2 is 2.04 bits per heavy atom. The molecule has 1 saturated carbocycles. The zero-order chi connectivity index (χ0) is 19.7. The highest BCUT2D eigenvalue weighted by molar-refractivity contribution is 6.03. The van der Waals surface area contributed by atoms with Gasteiger partial charge in [-0.3, -0.25) is 4.79 Å². The largest absolute Gasteiger partial charge is 0.383 e. The summed E-state index contributed by atoms with van der Waals surface area (Å²) in [5.74, 6) is 0.817. The maximum absolute atomic E-state index is 12.6. The van der Waals surface area contributed by atoms with Gasteiger partial charge in [-0.2, -0.15) is 0 Å². The summed E-state index contributed by atoms with van der Waals surface area (Å²) in [6.07, 6.45) is 6.47. The number of rotatable bonds is 4. The van der Waals surface area contributed by atoms with Crippen LogP contribution in [0.1, 0.15) is 62.3 Å². The minimum absolute atomic E-state index is 0.217. The van der Waals surface area contributed by atoms with Crippen LogP contribution >= 0.6 is 0 Å². The molecule has 2 aromatic rings. The summed E-state index contributed by atoms with van der Waals surface area (Å²) in [6.45, 7) is 5.25. The van der Waals surface area contributed by atoms with Crippen molar-refractivity contribution in [1.82, 2.24) is 10.3 Å². The van der Waals surface area contributed by atoms with Gasteiger partial charge in [0.1, 0.15) is 11.4 Å². The van der Waals surface area contributed by atoms with Gasteiger partial charge in [0.15, 0.2) is 0 Å². The first kappa shape index (κ1) is 18.7. The molecule has 28 heavy (non-hydrogen) atoms. The van der Waals surface area contributed by atoms with Crippen molar-refractivity contribution < 1.29 is 0 Å². The number of nitrogens with two attached hydrogens (primary N) is 1. The van der Waals surface area contributed by atoms with Crippen molar-refractivity contribution in [2.75, 3.05) is 5.32 Å². The van der Waals surface area contributed by atoms with E-state index in [9.17, 15) is 4.79 Å². The Morgan fingerprint density at radius 3 is 2.86 bits per heavy atom. The van der Waals surface area contributed by atoms with Crippen LogP contribution in [-0.4, -0.2) is 16.9 Å². The molecule has 6 nitrogen and oxygen atoms in total. The van der Waals surface area contributed by atoms with Crippen molar-refractivity contribution in [3.05, 3.63) is 57.5 Å². The molecule has 2 heterocycles. The second kappa shape index (κ2) is 7.80. The van der Waals surface area contributed by atoms with Crippen LogP contribution in [0.15, 0.2) is 40.2 Å². The molecule has 3 atom stereocenters. The molecule has 1 fully saturated rings. The van der Waals surface area contributed by atoms with Crippen LogP contribution in [0.25, 0.3) is 0 Å². The molecule has 0 bridgehead atoms. The summed E-state index contributed by atoms with van der Waals surface area (Å²) in [6, 6.07) is 8.69. The minimum atomic E-state index is -0.217. The predicted octanol–water partition coefficient (Wildman–Crippen LogP) is 3.57. The van der Waals surface area contributed by atoms with Gasteiger partial charge in [0.05, 0.1) is 11.4 Å². The van der Waals surface area contributed by atoms with Gasteiger partial charge in [-0.1, -0.05) is 25.8 Å². The second-order valence-electron chi connectivity index (χ2n) is 8.09. The van der Waals surface area contributed by atoms with Crippen LogP contribution in [0, 0.1) is 5.92 Å². The van der Waals surface area contributed by atoms with Gasteiger partial charge in [0.25, 0.3) is 5.56 Å². The van der Waals surface area contributed by atoms with E-state index in [1.165, 1.54) is 30.4 Å². The molecule has 1 unspecified atom stereocenters. The molecule has 1 aliphatic carbocycles. The Kier molecular flexibility index (Phi) is 5.22. The van der Waals surface area contributed by atoms with E-state index in [0.29, 0.717) is 23.6 Å². The Morgan fingerprint density at radius 1 is 1.21 bits per heavy atom. The number of amidine groups is 1. The van der Waals surface area contributed by atoms with E-state index in [2.05, 4.69) is 40.5 Å². The normalized spacial score (nSPS) is 24.8.